The van der Waals surface area contributed by atoms with E-state index in [1.54, 1.807) is 45.3 Å². The van der Waals surface area contributed by atoms with Crippen LogP contribution >= 0.6 is 0 Å². The Balaban J connectivity index is 1.18. The van der Waals surface area contributed by atoms with Crippen LogP contribution in [0.2, 0.25) is 0 Å². The highest BCUT2D eigenvalue weighted by Gasteiger charge is 2.51. The van der Waals surface area contributed by atoms with E-state index in [9.17, 15) is 19.5 Å². The largest absolute Gasteiger partial charge is 0.508 e. The van der Waals surface area contributed by atoms with Crippen molar-refractivity contribution in [2.45, 2.75) is 69.7 Å². The number of piperidine rings is 1. The van der Waals surface area contributed by atoms with Gasteiger partial charge in [-0.3, -0.25) is 14.4 Å². The van der Waals surface area contributed by atoms with E-state index in [4.69, 9.17) is 4.98 Å². The third-order valence-corrected chi connectivity index (χ3v) is 10.9. The first-order valence-electron chi connectivity index (χ1n) is 18.4. The Kier molecular flexibility index (Phi) is 10.6. The molecule has 0 bridgehead atoms. The Morgan fingerprint density at radius 1 is 0.922 bits per heavy atom. The van der Waals surface area contributed by atoms with Crippen molar-refractivity contribution >= 4 is 23.5 Å². The summed E-state index contributed by atoms with van der Waals surface area (Å²) >= 11 is 0. The molecule has 2 atom stereocenters. The predicted octanol–water partition coefficient (Wildman–Crippen LogP) is 3.84. The number of phenols is 1. The van der Waals surface area contributed by atoms with Gasteiger partial charge in [0, 0.05) is 56.8 Å². The second-order valence-corrected chi connectivity index (χ2v) is 14.2. The van der Waals surface area contributed by atoms with Gasteiger partial charge in [0.2, 0.25) is 17.7 Å². The van der Waals surface area contributed by atoms with Crippen molar-refractivity contribution in [3.8, 4) is 5.75 Å². The number of hydrazine groups is 1. The summed E-state index contributed by atoms with van der Waals surface area (Å²) in [6.07, 6.45) is 8.66. The van der Waals surface area contributed by atoms with Gasteiger partial charge in [0.05, 0.1) is 13.1 Å². The molecule has 4 aliphatic heterocycles. The van der Waals surface area contributed by atoms with Crippen LogP contribution < -0.4 is 4.90 Å². The van der Waals surface area contributed by atoms with Crippen LogP contribution in [0.3, 0.4) is 0 Å². The zero-order valence-corrected chi connectivity index (χ0v) is 29.4. The van der Waals surface area contributed by atoms with E-state index >= 15 is 0 Å². The van der Waals surface area contributed by atoms with E-state index in [0.717, 1.165) is 48.4 Å². The topological polar surface area (TPSA) is 104 Å². The number of pyridine rings is 1. The summed E-state index contributed by atoms with van der Waals surface area (Å²) in [6.45, 7) is 8.90. The lowest BCUT2D eigenvalue weighted by atomic mass is 9.97. The highest BCUT2D eigenvalue weighted by atomic mass is 16.3. The number of carbonyl (C=O) groups is 3. The fourth-order valence-electron chi connectivity index (χ4n) is 8.36. The average molecular weight is 692 g/mol. The third-order valence-electron chi connectivity index (χ3n) is 10.9. The van der Waals surface area contributed by atoms with Gasteiger partial charge >= 0.3 is 0 Å². The summed E-state index contributed by atoms with van der Waals surface area (Å²) < 4.78 is 0. The van der Waals surface area contributed by atoms with Crippen LogP contribution in [-0.2, 0) is 33.8 Å². The number of nitrogens with zero attached hydrogens (tertiary/aromatic N) is 7. The molecule has 7 rings (SSSR count). The maximum absolute atomic E-state index is 14.6. The van der Waals surface area contributed by atoms with Crippen molar-refractivity contribution in [2.24, 2.45) is 0 Å². The van der Waals surface area contributed by atoms with Gasteiger partial charge in [-0.1, -0.05) is 54.6 Å². The van der Waals surface area contributed by atoms with Crippen molar-refractivity contribution in [3.05, 3.63) is 102 Å². The van der Waals surface area contributed by atoms with Gasteiger partial charge in [0.1, 0.15) is 23.8 Å². The molecule has 4 aliphatic rings. The van der Waals surface area contributed by atoms with Crippen molar-refractivity contribution in [2.75, 3.05) is 50.7 Å². The Morgan fingerprint density at radius 2 is 1.67 bits per heavy atom. The molecule has 11 nitrogen and oxygen atoms in total. The van der Waals surface area contributed by atoms with E-state index in [-0.39, 0.29) is 49.4 Å². The minimum Gasteiger partial charge on any atom is -0.508 e. The smallest absolute Gasteiger partial charge is 0.246 e. The first kappa shape index (κ1) is 34.7. The maximum atomic E-state index is 14.6. The summed E-state index contributed by atoms with van der Waals surface area (Å²) in [5.74, 6) is 0.555. The number of aryl methyl sites for hydroxylation is 1. The number of piperazine rings is 1. The summed E-state index contributed by atoms with van der Waals surface area (Å²) in [5.41, 5.74) is 2.83. The molecular weight excluding hydrogens is 642 g/mol. The predicted molar refractivity (Wildman–Crippen MR) is 195 cm³/mol. The number of benzene rings is 2. The molecule has 4 fully saturated rings. The number of aromatic hydroxyl groups is 1. The van der Waals surface area contributed by atoms with Crippen molar-refractivity contribution in [1.82, 2.24) is 29.7 Å². The fourth-order valence-corrected chi connectivity index (χ4v) is 8.36. The van der Waals surface area contributed by atoms with Crippen LogP contribution in [0, 0.1) is 0 Å². The van der Waals surface area contributed by atoms with E-state index in [0.29, 0.717) is 25.6 Å². The van der Waals surface area contributed by atoms with Gasteiger partial charge in [-0.25, -0.2) is 15.0 Å². The summed E-state index contributed by atoms with van der Waals surface area (Å²) in [4.78, 5) is 56.1. The van der Waals surface area contributed by atoms with Crippen LogP contribution in [0.5, 0.6) is 5.75 Å². The lowest BCUT2D eigenvalue weighted by molar-refractivity contribution is -0.205. The fraction of sp³-hybridized carbons (Fsp3) is 0.450. The number of anilines is 1. The lowest BCUT2D eigenvalue weighted by Crippen LogP contribution is -2.75. The summed E-state index contributed by atoms with van der Waals surface area (Å²) in [5, 5.41) is 13.4. The molecule has 11 heteroatoms. The minimum atomic E-state index is -0.826. The summed E-state index contributed by atoms with van der Waals surface area (Å²) in [7, 11) is 0. The van der Waals surface area contributed by atoms with Crippen LogP contribution in [0.15, 0.2) is 85.6 Å². The Hall–Kier alpha value is -4.74. The molecule has 0 radical (unpaired) electrons. The number of fused-ring (bicyclic) bond motifs is 1. The molecule has 3 aromatic rings. The summed E-state index contributed by atoms with van der Waals surface area (Å²) in [6, 6.07) is 20.4. The molecule has 2 aromatic carbocycles. The molecule has 51 heavy (non-hydrogen) atoms. The number of carbonyl (C=O) groups excluding carboxylic acids is 3. The average Bonchev–Trinajstić information content (AvgIpc) is 3.70. The molecule has 268 valence electrons. The van der Waals surface area contributed by atoms with Crippen LogP contribution in [0.4, 0.5) is 5.82 Å². The lowest BCUT2D eigenvalue weighted by Gasteiger charge is -2.55. The van der Waals surface area contributed by atoms with Crippen LogP contribution in [0.1, 0.15) is 48.8 Å². The van der Waals surface area contributed by atoms with Gasteiger partial charge in [-0.05, 0) is 74.5 Å². The van der Waals surface area contributed by atoms with Crippen molar-refractivity contribution in [1.29, 1.82) is 0 Å². The monoisotopic (exact) mass is 691 g/mol. The number of rotatable bonds is 11. The molecule has 4 saturated heterocycles. The van der Waals surface area contributed by atoms with Crippen LogP contribution in [0.25, 0.3) is 0 Å². The van der Waals surface area contributed by atoms with Gasteiger partial charge in [-0.15, -0.1) is 6.58 Å². The van der Waals surface area contributed by atoms with E-state index in [2.05, 4.69) is 16.4 Å². The zero-order valence-electron chi connectivity index (χ0n) is 29.4. The molecule has 1 aromatic heterocycles. The van der Waals surface area contributed by atoms with E-state index in [1.807, 2.05) is 53.6 Å². The van der Waals surface area contributed by atoms with Gasteiger partial charge < -0.3 is 24.7 Å². The zero-order chi connectivity index (χ0) is 35.3. The number of phenolic OH excluding ortho intramolecular Hbond substituents is 1. The van der Waals surface area contributed by atoms with Gasteiger partial charge in [0.25, 0.3) is 0 Å². The third kappa shape index (κ3) is 7.64. The first-order chi connectivity index (χ1) is 24.9. The normalized spacial score (nSPS) is 22.0. The molecule has 0 spiro atoms. The molecular formula is C40H49N7O4. The second-order valence-electron chi connectivity index (χ2n) is 14.2. The maximum Gasteiger partial charge on any atom is 0.246 e. The highest BCUT2D eigenvalue weighted by Crippen LogP contribution is 2.32. The number of hydrogen-bond donors (Lipinski definition) is 1. The quantitative estimate of drug-likeness (QED) is 0.303. The van der Waals surface area contributed by atoms with Crippen LogP contribution in [-0.4, -0.2) is 117 Å². The van der Waals surface area contributed by atoms with Gasteiger partial charge in [-0.2, -0.15) is 0 Å². The molecule has 0 saturated carbocycles. The number of amides is 3. The molecule has 3 amide bonds. The van der Waals surface area contributed by atoms with Crippen molar-refractivity contribution < 1.29 is 19.5 Å². The number of hydrogen-bond acceptors (Lipinski definition) is 8. The number of likely N-dealkylation sites (tertiary alicyclic amines) is 1. The number of aromatic nitrogens is 1. The molecule has 0 aliphatic carbocycles. The van der Waals surface area contributed by atoms with Crippen molar-refractivity contribution in [3.63, 3.8) is 0 Å². The SMILES string of the molecule is C=CCN1CC(=O)N2[C@@H](Cc3ccc(O)cc3)C(=O)N(Cc3cccnc3N3CCC(N4CCCC4)CC3)C[C@@H]2N1C(=O)CCc1ccccc1. The standard InChI is InChI=1S/C40H49N7O4/c1-2-21-45-29-38(50)46-35(26-31-12-15-34(48)16-13-31)40(51)44(28-36(46)47(45)37(49)17-14-30-9-4-3-5-10-30)27-32-11-8-20-41-39(32)43-24-18-33(19-25-43)42-22-6-7-23-42/h2-5,8-13,15-16,20,33,35-36,48H,1,6-7,14,17-19,21-29H2/t35-,36-/m0/s1. The minimum absolute atomic E-state index is 0.0287. The molecule has 0 unspecified atom stereocenters. The highest BCUT2D eigenvalue weighted by molar-refractivity contribution is 5.92. The second kappa shape index (κ2) is 15.7. The first-order valence-corrected chi connectivity index (χ1v) is 18.4. The Morgan fingerprint density at radius 3 is 2.39 bits per heavy atom. The Bertz CT molecular complexity index is 1690. The molecule has 5 heterocycles. The Labute approximate surface area is 300 Å². The molecule has 1 N–H and O–H groups in total. The van der Waals surface area contributed by atoms with E-state index in [1.165, 1.54) is 25.9 Å². The van der Waals surface area contributed by atoms with Gasteiger partial charge in [0.15, 0.2) is 0 Å². The van der Waals surface area contributed by atoms with E-state index < -0.39 is 12.2 Å².